The molecule has 0 bridgehead atoms. The van der Waals surface area contributed by atoms with Crippen LogP contribution in [-0.2, 0) is 16.6 Å². The van der Waals surface area contributed by atoms with Gasteiger partial charge in [-0.05, 0) is 30.0 Å². The molecule has 0 unspecified atom stereocenters. The zero-order chi connectivity index (χ0) is 14.0. The van der Waals surface area contributed by atoms with Crippen LogP contribution in [0.3, 0.4) is 0 Å². The smallest absolute Gasteiger partial charge is 0.147 e. The van der Waals surface area contributed by atoms with Crippen molar-refractivity contribution in [3.05, 3.63) is 71.5 Å². The summed E-state index contributed by atoms with van der Waals surface area (Å²) >= 11 is 0. The molecule has 0 atom stereocenters. The van der Waals surface area contributed by atoms with E-state index in [0.29, 0.717) is 5.56 Å². The second-order valence-corrected chi connectivity index (χ2v) is 5.49. The van der Waals surface area contributed by atoms with Crippen LogP contribution in [0.4, 0.5) is 4.39 Å². The Kier molecular flexibility index (Phi) is 3.39. The Bertz CT molecular complexity index is 614. The van der Waals surface area contributed by atoms with Crippen molar-refractivity contribution in [1.29, 1.82) is 0 Å². The summed E-state index contributed by atoms with van der Waals surface area (Å²) in [5.74, 6) is -0.150. The Morgan fingerprint density at radius 3 is 2.25 bits per heavy atom. The molecule has 1 aliphatic rings. The van der Waals surface area contributed by atoms with Crippen LogP contribution >= 0.6 is 0 Å². The van der Waals surface area contributed by atoms with Crippen LogP contribution in [0.25, 0.3) is 0 Å². The highest BCUT2D eigenvalue weighted by Crippen LogP contribution is 2.45. The first kappa shape index (κ1) is 13.0. The molecule has 0 aliphatic heterocycles. The molecule has 102 valence electrons. The van der Waals surface area contributed by atoms with Gasteiger partial charge in [0.05, 0.1) is 5.41 Å². The van der Waals surface area contributed by atoms with Crippen LogP contribution in [0.15, 0.2) is 54.6 Å². The lowest BCUT2D eigenvalue weighted by atomic mass is 9.61. The molecule has 20 heavy (non-hydrogen) atoms. The fourth-order valence-corrected chi connectivity index (χ4v) is 3.00. The summed E-state index contributed by atoms with van der Waals surface area (Å²) in [6, 6.07) is 16.5. The van der Waals surface area contributed by atoms with Crippen molar-refractivity contribution in [3.63, 3.8) is 0 Å². The summed E-state index contributed by atoms with van der Waals surface area (Å²) in [6.45, 7) is 0. The highest BCUT2D eigenvalue weighted by Gasteiger charge is 2.44. The molecule has 0 amide bonds. The van der Waals surface area contributed by atoms with E-state index in [1.807, 2.05) is 30.3 Å². The van der Waals surface area contributed by atoms with E-state index in [-0.39, 0.29) is 23.4 Å². The standard InChI is InChI=1S/C18H17FO/c19-16-10-5-4-7-14(16)13-17(20)18(11-6-12-18)15-8-2-1-3-9-15/h1-5,7-10H,6,11-13H2. The average molecular weight is 268 g/mol. The maximum atomic E-state index is 13.7. The maximum Gasteiger partial charge on any atom is 0.147 e. The van der Waals surface area contributed by atoms with Gasteiger partial charge in [-0.15, -0.1) is 0 Å². The van der Waals surface area contributed by atoms with Crippen LogP contribution in [-0.4, -0.2) is 5.78 Å². The van der Waals surface area contributed by atoms with Crippen molar-refractivity contribution >= 4 is 5.78 Å². The predicted octanol–water partition coefficient (Wildman–Crippen LogP) is 4.06. The summed E-state index contributed by atoms with van der Waals surface area (Å²) in [5.41, 5.74) is 1.19. The first-order valence-electron chi connectivity index (χ1n) is 7.05. The molecular formula is C18H17FO. The normalized spacial score (nSPS) is 16.4. The van der Waals surface area contributed by atoms with E-state index in [1.54, 1.807) is 18.2 Å². The second-order valence-electron chi connectivity index (χ2n) is 5.49. The van der Waals surface area contributed by atoms with Crippen molar-refractivity contribution in [2.24, 2.45) is 0 Å². The molecule has 1 nitrogen and oxygen atoms in total. The minimum atomic E-state index is -0.385. The van der Waals surface area contributed by atoms with Crippen LogP contribution in [0.1, 0.15) is 30.4 Å². The van der Waals surface area contributed by atoms with Gasteiger partial charge in [0, 0.05) is 6.42 Å². The van der Waals surface area contributed by atoms with E-state index in [4.69, 9.17) is 0 Å². The molecule has 0 saturated heterocycles. The number of hydrogen-bond donors (Lipinski definition) is 0. The Labute approximate surface area is 118 Å². The van der Waals surface area contributed by atoms with E-state index >= 15 is 0 Å². The van der Waals surface area contributed by atoms with Crippen LogP contribution in [0.5, 0.6) is 0 Å². The Hall–Kier alpha value is -1.96. The summed E-state index contributed by atoms with van der Waals surface area (Å²) in [6.07, 6.45) is 3.01. The minimum absolute atomic E-state index is 0.139. The van der Waals surface area contributed by atoms with Crippen molar-refractivity contribution in [1.82, 2.24) is 0 Å². The predicted molar refractivity (Wildman–Crippen MR) is 77.1 cm³/mol. The number of carbonyl (C=O) groups excluding carboxylic acids is 1. The molecule has 2 heteroatoms. The number of Topliss-reactive ketones (excluding diaryl/α,β-unsaturated/α-hetero) is 1. The highest BCUT2D eigenvalue weighted by atomic mass is 19.1. The zero-order valence-electron chi connectivity index (χ0n) is 11.3. The van der Waals surface area contributed by atoms with E-state index in [2.05, 4.69) is 0 Å². The molecule has 0 heterocycles. The number of benzene rings is 2. The summed E-state index contributed by atoms with van der Waals surface area (Å²) in [4.78, 5) is 12.7. The topological polar surface area (TPSA) is 17.1 Å². The van der Waals surface area contributed by atoms with Gasteiger partial charge >= 0.3 is 0 Å². The first-order valence-corrected chi connectivity index (χ1v) is 7.05. The lowest BCUT2D eigenvalue weighted by molar-refractivity contribution is -0.127. The molecule has 0 spiro atoms. The number of hydrogen-bond acceptors (Lipinski definition) is 1. The quantitative estimate of drug-likeness (QED) is 0.817. The fourth-order valence-electron chi connectivity index (χ4n) is 3.00. The van der Waals surface area contributed by atoms with E-state index in [0.717, 1.165) is 24.8 Å². The maximum absolute atomic E-state index is 13.7. The molecule has 2 aromatic rings. The van der Waals surface area contributed by atoms with Crippen molar-refractivity contribution in [2.75, 3.05) is 0 Å². The lowest BCUT2D eigenvalue weighted by Crippen LogP contribution is -2.43. The van der Waals surface area contributed by atoms with E-state index in [1.165, 1.54) is 6.07 Å². The van der Waals surface area contributed by atoms with Gasteiger partial charge < -0.3 is 0 Å². The first-order chi connectivity index (χ1) is 9.72. The molecular weight excluding hydrogens is 251 g/mol. The number of carbonyl (C=O) groups is 1. The molecule has 0 N–H and O–H groups in total. The average Bonchev–Trinajstić information content (AvgIpc) is 2.41. The SMILES string of the molecule is O=C(Cc1ccccc1F)C1(c2ccccc2)CCC1. The molecule has 2 aromatic carbocycles. The number of halogens is 1. The minimum Gasteiger partial charge on any atom is -0.298 e. The summed E-state index contributed by atoms with van der Waals surface area (Å²) in [7, 11) is 0. The molecule has 1 saturated carbocycles. The van der Waals surface area contributed by atoms with Crippen molar-refractivity contribution in [3.8, 4) is 0 Å². The molecule has 0 radical (unpaired) electrons. The second kappa shape index (κ2) is 5.20. The molecule has 1 fully saturated rings. The van der Waals surface area contributed by atoms with Gasteiger partial charge in [-0.3, -0.25) is 4.79 Å². The van der Waals surface area contributed by atoms with Gasteiger partial charge in [0.2, 0.25) is 0 Å². The number of rotatable bonds is 4. The van der Waals surface area contributed by atoms with Gasteiger partial charge in [0.15, 0.2) is 0 Å². The van der Waals surface area contributed by atoms with Crippen LogP contribution in [0, 0.1) is 5.82 Å². The van der Waals surface area contributed by atoms with Crippen LogP contribution in [0.2, 0.25) is 0 Å². The lowest BCUT2D eigenvalue weighted by Gasteiger charge is -2.41. The van der Waals surface area contributed by atoms with E-state index < -0.39 is 0 Å². The summed E-state index contributed by atoms with van der Waals surface area (Å²) in [5, 5.41) is 0. The molecule has 0 aromatic heterocycles. The van der Waals surface area contributed by atoms with Gasteiger partial charge in [-0.2, -0.15) is 0 Å². The van der Waals surface area contributed by atoms with Crippen molar-refractivity contribution in [2.45, 2.75) is 31.1 Å². The van der Waals surface area contributed by atoms with Gasteiger partial charge in [-0.25, -0.2) is 4.39 Å². The zero-order valence-corrected chi connectivity index (χ0v) is 11.3. The fraction of sp³-hybridized carbons (Fsp3) is 0.278. The molecule has 3 rings (SSSR count). The third-order valence-corrected chi connectivity index (χ3v) is 4.38. The largest absolute Gasteiger partial charge is 0.298 e. The monoisotopic (exact) mass is 268 g/mol. The number of ketones is 1. The van der Waals surface area contributed by atoms with E-state index in [9.17, 15) is 9.18 Å². The Morgan fingerprint density at radius 2 is 1.65 bits per heavy atom. The van der Waals surface area contributed by atoms with Crippen LogP contribution < -0.4 is 0 Å². The third kappa shape index (κ3) is 2.15. The Morgan fingerprint density at radius 1 is 1.00 bits per heavy atom. The highest BCUT2D eigenvalue weighted by molar-refractivity contribution is 5.92. The van der Waals surface area contributed by atoms with Crippen molar-refractivity contribution < 1.29 is 9.18 Å². The Balaban J connectivity index is 1.87. The summed E-state index contributed by atoms with van der Waals surface area (Å²) < 4.78 is 13.7. The third-order valence-electron chi connectivity index (χ3n) is 4.38. The van der Waals surface area contributed by atoms with Gasteiger partial charge in [0.25, 0.3) is 0 Å². The molecule has 1 aliphatic carbocycles. The van der Waals surface area contributed by atoms with Gasteiger partial charge in [0.1, 0.15) is 11.6 Å². The van der Waals surface area contributed by atoms with Gasteiger partial charge in [-0.1, -0.05) is 55.0 Å².